The van der Waals surface area contributed by atoms with Crippen LogP contribution in [0.3, 0.4) is 0 Å². The molecule has 31 heavy (non-hydrogen) atoms. The summed E-state index contributed by atoms with van der Waals surface area (Å²) in [6, 6.07) is 25.4. The third-order valence-corrected chi connectivity index (χ3v) is 4.52. The fourth-order valence-corrected chi connectivity index (χ4v) is 3.03. The number of nitro groups is 1. The summed E-state index contributed by atoms with van der Waals surface area (Å²) in [7, 11) is 0. The van der Waals surface area contributed by atoms with Crippen molar-refractivity contribution in [1.29, 1.82) is 5.26 Å². The number of hydrogen-bond acceptors (Lipinski definition) is 6. The van der Waals surface area contributed by atoms with Crippen LogP contribution in [0.4, 0.5) is 11.4 Å². The average Bonchev–Trinajstić information content (AvgIpc) is 3.24. The molecule has 0 amide bonds. The smallest absolute Gasteiger partial charge is 0.272 e. The summed E-state index contributed by atoms with van der Waals surface area (Å²) in [5.74, 6) is 0. The molecule has 150 valence electrons. The van der Waals surface area contributed by atoms with Crippen LogP contribution in [0.15, 0.2) is 90.2 Å². The first-order valence-electron chi connectivity index (χ1n) is 9.34. The van der Waals surface area contributed by atoms with Gasteiger partial charge in [0.25, 0.3) is 5.69 Å². The Morgan fingerprint density at radius 2 is 1.77 bits per heavy atom. The summed E-state index contributed by atoms with van der Waals surface area (Å²) in [5.41, 5.74) is 6.16. The Labute approximate surface area is 177 Å². The molecule has 4 rings (SSSR count). The number of nitrogens with zero attached hydrogens (tertiary/aromatic N) is 5. The summed E-state index contributed by atoms with van der Waals surface area (Å²) < 4.78 is 1.76. The molecule has 8 heteroatoms. The Hall–Kier alpha value is -4.77. The highest BCUT2D eigenvalue weighted by atomic mass is 16.6. The monoisotopic (exact) mass is 408 g/mol. The van der Waals surface area contributed by atoms with Crippen LogP contribution in [-0.2, 0) is 0 Å². The molecule has 0 unspecified atom stereocenters. The van der Waals surface area contributed by atoms with Crippen molar-refractivity contribution in [2.24, 2.45) is 5.10 Å². The lowest BCUT2D eigenvalue weighted by Gasteiger charge is -2.02. The fraction of sp³-hybridized carbons (Fsp3) is 0. The Morgan fingerprint density at radius 1 is 1.06 bits per heavy atom. The number of nitro benzene ring substituents is 1. The van der Waals surface area contributed by atoms with Gasteiger partial charge >= 0.3 is 0 Å². The Balaban J connectivity index is 1.68. The molecule has 8 nitrogen and oxygen atoms in total. The zero-order valence-electron chi connectivity index (χ0n) is 16.2. The van der Waals surface area contributed by atoms with Crippen LogP contribution in [0.1, 0.15) is 11.1 Å². The summed E-state index contributed by atoms with van der Waals surface area (Å²) in [6.07, 6.45) is 3.41. The molecule has 0 saturated carbocycles. The lowest BCUT2D eigenvalue weighted by molar-refractivity contribution is -0.384. The number of anilines is 1. The van der Waals surface area contributed by atoms with E-state index in [9.17, 15) is 10.1 Å². The number of hydrazone groups is 1. The van der Waals surface area contributed by atoms with Gasteiger partial charge in [0.05, 0.1) is 28.5 Å². The van der Waals surface area contributed by atoms with Crippen molar-refractivity contribution >= 4 is 17.6 Å². The summed E-state index contributed by atoms with van der Waals surface area (Å²) in [4.78, 5) is 10.8. The molecule has 0 radical (unpaired) electrons. The highest BCUT2D eigenvalue weighted by Gasteiger charge is 2.15. The van der Waals surface area contributed by atoms with Gasteiger partial charge in [0.15, 0.2) is 0 Å². The molecule has 0 bridgehead atoms. The van der Waals surface area contributed by atoms with Crippen molar-refractivity contribution in [3.05, 3.63) is 106 Å². The van der Waals surface area contributed by atoms with Gasteiger partial charge in [-0.3, -0.25) is 15.5 Å². The number of nitriles is 1. The predicted molar refractivity (Wildman–Crippen MR) is 118 cm³/mol. The van der Waals surface area contributed by atoms with Crippen LogP contribution in [0, 0.1) is 21.4 Å². The molecule has 0 fully saturated rings. The number of rotatable bonds is 6. The molecule has 0 saturated heterocycles. The van der Waals surface area contributed by atoms with E-state index in [1.807, 2.05) is 72.9 Å². The molecule has 0 aliphatic carbocycles. The summed E-state index contributed by atoms with van der Waals surface area (Å²) in [5, 5.41) is 29.2. The Bertz CT molecular complexity index is 1290. The maximum atomic E-state index is 11.3. The van der Waals surface area contributed by atoms with Gasteiger partial charge in [0.1, 0.15) is 11.4 Å². The quantitative estimate of drug-likeness (QED) is 0.281. The lowest BCUT2D eigenvalue weighted by atomic mass is 10.1. The maximum absolute atomic E-state index is 11.3. The van der Waals surface area contributed by atoms with E-state index in [0.29, 0.717) is 0 Å². The van der Waals surface area contributed by atoms with Gasteiger partial charge < -0.3 is 0 Å². The van der Waals surface area contributed by atoms with E-state index in [1.165, 1.54) is 18.2 Å². The third kappa shape index (κ3) is 4.31. The summed E-state index contributed by atoms with van der Waals surface area (Å²) in [6.45, 7) is 0. The minimum absolute atomic E-state index is 0.192. The van der Waals surface area contributed by atoms with E-state index in [2.05, 4.69) is 10.5 Å². The molecule has 4 aromatic rings. The summed E-state index contributed by atoms with van der Waals surface area (Å²) >= 11 is 0. The third-order valence-electron chi connectivity index (χ3n) is 4.52. The van der Waals surface area contributed by atoms with Crippen LogP contribution in [0.2, 0.25) is 0 Å². The van der Waals surface area contributed by atoms with Gasteiger partial charge in [-0.1, -0.05) is 48.5 Å². The molecule has 1 aromatic heterocycles. The molecular formula is C23H16N6O2. The van der Waals surface area contributed by atoms with Gasteiger partial charge in [-0.25, -0.2) is 4.68 Å². The van der Waals surface area contributed by atoms with Crippen LogP contribution < -0.4 is 5.43 Å². The number of benzene rings is 3. The Kier molecular flexibility index (Phi) is 5.49. The lowest BCUT2D eigenvalue weighted by Crippen LogP contribution is -1.97. The average molecular weight is 408 g/mol. The van der Waals surface area contributed by atoms with Crippen LogP contribution in [-0.4, -0.2) is 20.9 Å². The van der Waals surface area contributed by atoms with Crippen LogP contribution in [0.5, 0.6) is 0 Å². The minimum Gasteiger partial charge on any atom is -0.272 e. The largest absolute Gasteiger partial charge is 0.295 e. The van der Waals surface area contributed by atoms with E-state index in [1.54, 1.807) is 10.9 Å². The molecule has 0 atom stereocenters. The normalized spacial score (nSPS) is 10.7. The second kappa shape index (κ2) is 8.71. The molecule has 1 heterocycles. The van der Waals surface area contributed by atoms with E-state index < -0.39 is 4.92 Å². The van der Waals surface area contributed by atoms with Crippen molar-refractivity contribution in [3.63, 3.8) is 0 Å². The SMILES string of the molecule is N#Cc1ccc(N/N=C/c2cn(-c3ccccc3)nc2-c2ccccc2)c([N+](=O)[O-])c1. The molecule has 0 aliphatic heterocycles. The second-order valence-corrected chi connectivity index (χ2v) is 6.55. The van der Waals surface area contributed by atoms with Crippen LogP contribution in [0.25, 0.3) is 16.9 Å². The van der Waals surface area contributed by atoms with Crippen molar-refractivity contribution < 1.29 is 4.92 Å². The van der Waals surface area contributed by atoms with E-state index in [-0.39, 0.29) is 16.9 Å². The second-order valence-electron chi connectivity index (χ2n) is 6.55. The van der Waals surface area contributed by atoms with E-state index >= 15 is 0 Å². The fourth-order valence-electron chi connectivity index (χ4n) is 3.03. The topological polar surface area (TPSA) is 109 Å². The Morgan fingerprint density at radius 3 is 2.45 bits per heavy atom. The van der Waals surface area contributed by atoms with Crippen molar-refractivity contribution in [2.75, 3.05) is 5.43 Å². The standard InChI is InChI=1S/C23H16N6O2/c24-14-17-11-12-21(22(13-17)29(30)31)26-25-15-19-16-28(20-9-5-2-6-10-20)27-23(19)18-7-3-1-4-8-18/h1-13,15-16,26H/b25-15+. The van der Waals surface area contributed by atoms with Crippen molar-refractivity contribution in [3.8, 4) is 23.0 Å². The highest BCUT2D eigenvalue weighted by Crippen LogP contribution is 2.26. The molecular weight excluding hydrogens is 392 g/mol. The van der Waals surface area contributed by atoms with Gasteiger partial charge in [-0.15, -0.1) is 0 Å². The molecule has 3 aromatic carbocycles. The molecule has 0 aliphatic rings. The first-order chi connectivity index (χ1) is 15.2. The first-order valence-corrected chi connectivity index (χ1v) is 9.34. The minimum atomic E-state index is -0.554. The van der Waals surface area contributed by atoms with Gasteiger partial charge in [0, 0.05) is 23.4 Å². The van der Waals surface area contributed by atoms with Crippen molar-refractivity contribution in [1.82, 2.24) is 9.78 Å². The first kappa shape index (κ1) is 19.5. The van der Waals surface area contributed by atoms with Crippen molar-refractivity contribution in [2.45, 2.75) is 0 Å². The van der Waals surface area contributed by atoms with E-state index in [4.69, 9.17) is 10.4 Å². The number of aromatic nitrogens is 2. The number of nitrogens with one attached hydrogen (secondary N) is 1. The predicted octanol–water partition coefficient (Wildman–Crippen LogP) is 4.77. The number of para-hydroxylation sites is 1. The maximum Gasteiger partial charge on any atom is 0.295 e. The molecule has 1 N–H and O–H groups in total. The zero-order chi connectivity index (χ0) is 21.6. The highest BCUT2D eigenvalue weighted by molar-refractivity contribution is 5.89. The van der Waals surface area contributed by atoms with Crippen LogP contribution >= 0.6 is 0 Å². The molecule has 0 spiro atoms. The van der Waals surface area contributed by atoms with Gasteiger partial charge in [0.2, 0.25) is 0 Å². The van der Waals surface area contributed by atoms with E-state index in [0.717, 1.165) is 22.5 Å². The number of hydrogen-bond donors (Lipinski definition) is 1. The zero-order valence-corrected chi connectivity index (χ0v) is 16.2. The van der Waals surface area contributed by atoms with Gasteiger partial charge in [-0.2, -0.15) is 15.5 Å². The van der Waals surface area contributed by atoms with Gasteiger partial charge in [-0.05, 0) is 24.3 Å².